The number of likely N-dealkylation sites (tertiary alicyclic amines) is 1. The third-order valence-electron chi connectivity index (χ3n) is 3.91. The summed E-state index contributed by atoms with van der Waals surface area (Å²) in [6, 6.07) is 0. The van der Waals surface area contributed by atoms with Crippen molar-refractivity contribution in [3.8, 4) is 0 Å². The maximum Gasteiger partial charge on any atom is 0.0777 e. The molecule has 18 heavy (non-hydrogen) atoms. The van der Waals surface area contributed by atoms with Crippen molar-refractivity contribution in [2.24, 2.45) is 5.41 Å². The van der Waals surface area contributed by atoms with Crippen LogP contribution in [0.4, 0.5) is 0 Å². The van der Waals surface area contributed by atoms with E-state index in [1.54, 1.807) is 0 Å². The Morgan fingerprint density at radius 2 is 2.11 bits per heavy atom. The monoisotopic (exact) mass is 256 g/mol. The Morgan fingerprint density at radius 1 is 1.39 bits per heavy atom. The van der Waals surface area contributed by atoms with E-state index in [1.807, 2.05) is 7.11 Å². The summed E-state index contributed by atoms with van der Waals surface area (Å²) in [6.45, 7) is 14.8. The van der Waals surface area contributed by atoms with Crippen LogP contribution in [-0.2, 0) is 4.74 Å². The Balaban J connectivity index is 2.40. The largest absolute Gasteiger partial charge is 0.377 e. The minimum atomic E-state index is 0.0607. The van der Waals surface area contributed by atoms with Gasteiger partial charge in [0.05, 0.1) is 5.60 Å². The molecule has 0 bridgehead atoms. The van der Waals surface area contributed by atoms with Crippen molar-refractivity contribution in [2.75, 3.05) is 39.8 Å². The van der Waals surface area contributed by atoms with Gasteiger partial charge in [0.2, 0.25) is 0 Å². The van der Waals surface area contributed by atoms with E-state index in [2.05, 4.69) is 37.9 Å². The average molecular weight is 256 g/mol. The molecule has 0 aromatic carbocycles. The highest BCUT2D eigenvalue weighted by Crippen LogP contribution is 2.26. The summed E-state index contributed by atoms with van der Waals surface area (Å²) in [7, 11) is 1.84. The fraction of sp³-hybridized carbons (Fsp3) is 1.00. The van der Waals surface area contributed by atoms with Crippen LogP contribution in [0, 0.1) is 5.41 Å². The van der Waals surface area contributed by atoms with Crippen molar-refractivity contribution < 1.29 is 4.74 Å². The molecule has 1 fully saturated rings. The second-order valence-corrected chi connectivity index (χ2v) is 6.81. The van der Waals surface area contributed by atoms with Gasteiger partial charge in [0, 0.05) is 26.7 Å². The molecule has 0 aromatic rings. The van der Waals surface area contributed by atoms with E-state index in [9.17, 15) is 0 Å². The van der Waals surface area contributed by atoms with Crippen molar-refractivity contribution in [3.05, 3.63) is 0 Å². The molecule has 1 aliphatic rings. The second kappa shape index (κ2) is 6.88. The lowest BCUT2D eigenvalue weighted by atomic mass is 9.89. The van der Waals surface area contributed by atoms with Crippen LogP contribution in [0.3, 0.4) is 0 Å². The summed E-state index contributed by atoms with van der Waals surface area (Å²) in [5, 5.41) is 3.54. The number of methoxy groups -OCH3 is 1. The highest BCUT2D eigenvalue weighted by Gasteiger charge is 2.33. The lowest BCUT2D eigenvalue weighted by Crippen LogP contribution is -2.51. The van der Waals surface area contributed by atoms with Crippen LogP contribution in [0.1, 0.15) is 47.0 Å². The first kappa shape index (κ1) is 15.9. The molecule has 0 aromatic heterocycles. The summed E-state index contributed by atoms with van der Waals surface area (Å²) in [4.78, 5) is 2.57. The van der Waals surface area contributed by atoms with Crippen LogP contribution < -0.4 is 5.32 Å². The van der Waals surface area contributed by atoms with Gasteiger partial charge in [-0.25, -0.2) is 0 Å². The molecule has 108 valence electrons. The Kier molecular flexibility index (Phi) is 6.09. The summed E-state index contributed by atoms with van der Waals surface area (Å²) < 4.78 is 5.66. The first-order chi connectivity index (χ1) is 8.41. The van der Waals surface area contributed by atoms with Gasteiger partial charge in [0.25, 0.3) is 0 Å². The van der Waals surface area contributed by atoms with E-state index in [-0.39, 0.29) is 5.60 Å². The predicted octanol–water partition coefficient (Wildman–Crippen LogP) is 2.51. The lowest BCUT2D eigenvalue weighted by Gasteiger charge is -2.42. The minimum Gasteiger partial charge on any atom is -0.377 e. The smallest absolute Gasteiger partial charge is 0.0777 e. The third kappa shape index (κ3) is 5.25. The Bertz CT molecular complexity index is 243. The zero-order chi connectivity index (χ0) is 13.6. The standard InChI is InChI=1S/C15H32N2O/c1-6-9-16-11-14(2,3)12-17-10-7-8-15(4,13-17)18-5/h16H,6-13H2,1-5H3. The van der Waals surface area contributed by atoms with Crippen LogP contribution >= 0.6 is 0 Å². The van der Waals surface area contributed by atoms with Crippen molar-refractivity contribution in [2.45, 2.75) is 52.6 Å². The number of ether oxygens (including phenoxy) is 1. The molecule has 0 saturated carbocycles. The Morgan fingerprint density at radius 3 is 2.72 bits per heavy atom. The molecule has 0 aliphatic carbocycles. The predicted molar refractivity (Wildman–Crippen MR) is 78.0 cm³/mol. The van der Waals surface area contributed by atoms with Gasteiger partial charge < -0.3 is 10.1 Å². The number of nitrogens with one attached hydrogen (secondary N) is 1. The molecule has 0 amide bonds. The van der Waals surface area contributed by atoms with E-state index >= 15 is 0 Å². The number of nitrogens with zero attached hydrogens (tertiary/aromatic N) is 1. The van der Waals surface area contributed by atoms with Gasteiger partial charge >= 0.3 is 0 Å². The highest BCUT2D eigenvalue weighted by atomic mass is 16.5. The number of hydrogen-bond donors (Lipinski definition) is 1. The molecule has 1 saturated heterocycles. The SMILES string of the molecule is CCCNCC(C)(C)CN1CCCC(C)(OC)C1. The van der Waals surface area contributed by atoms with E-state index in [4.69, 9.17) is 4.74 Å². The minimum absolute atomic E-state index is 0.0607. The summed E-state index contributed by atoms with van der Waals surface area (Å²) >= 11 is 0. The second-order valence-electron chi connectivity index (χ2n) is 6.81. The van der Waals surface area contributed by atoms with Gasteiger partial charge in [-0.3, -0.25) is 4.90 Å². The van der Waals surface area contributed by atoms with Gasteiger partial charge in [-0.1, -0.05) is 20.8 Å². The zero-order valence-electron chi connectivity index (χ0n) is 13.0. The fourth-order valence-electron chi connectivity index (χ4n) is 2.87. The van der Waals surface area contributed by atoms with Crippen molar-refractivity contribution in [3.63, 3.8) is 0 Å². The molecule has 1 rings (SSSR count). The van der Waals surface area contributed by atoms with Crippen LogP contribution in [-0.4, -0.2) is 50.3 Å². The van der Waals surface area contributed by atoms with Crippen LogP contribution in [0.5, 0.6) is 0 Å². The summed E-state index contributed by atoms with van der Waals surface area (Å²) in [6.07, 6.45) is 3.65. The van der Waals surface area contributed by atoms with Crippen molar-refractivity contribution in [1.29, 1.82) is 0 Å². The molecule has 1 N–H and O–H groups in total. The number of hydrogen-bond acceptors (Lipinski definition) is 3. The molecule has 1 heterocycles. The molecular formula is C15H32N2O. The molecule has 1 unspecified atom stereocenters. The number of rotatable bonds is 7. The Hall–Kier alpha value is -0.120. The van der Waals surface area contributed by atoms with E-state index < -0.39 is 0 Å². The molecule has 3 nitrogen and oxygen atoms in total. The van der Waals surface area contributed by atoms with Crippen LogP contribution in [0.25, 0.3) is 0 Å². The molecule has 1 atom stereocenters. The van der Waals surface area contributed by atoms with Gasteiger partial charge in [0.1, 0.15) is 0 Å². The van der Waals surface area contributed by atoms with Gasteiger partial charge in [-0.05, 0) is 44.7 Å². The van der Waals surface area contributed by atoms with E-state index in [1.165, 1.54) is 25.8 Å². The third-order valence-corrected chi connectivity index (χ3v) is 3.91. The maximum absolute atomic E-state index is 5.66. The molecule has 0 radical (unpaired) electrons. The van der Waals surface area contributed by atoms with Gasteiger partial charge in [0.15, 0.2) is 0 Å². The van der Waals surface area contributed by atoms with E-state index in [0.717, 1.165) is 26.2 Å². The molecule has 0 spiro atoms. The van der Waals surface area contributed by atoms with E-state index in [0.29, 0.717) is 5.41 Å². The maximum atomic E-state index is 5.66. The highest BCUT2D eigenvalue weighted by molar-refractivity contribution is 4.87. The normalized spacial score (nSPS) is 26.5. The first-order valence-electron chi connectivity index (χ1n) is 7.39. The van der Waals surface area contributed by atoms with Gasteiger partial charge in [-0.2, -0.15) is 0 Å². The number of piperidine rings is 1. The zero-order valence-corrected chi connectivity index (χ0v) is 13.0. The summed E-state index contributed by atoms with van der Waals surface area (Å²) in [5.74, 6) is 0. The molecular weight excluding hydrogens is 224 g/mol. The summed E-state index contributed by atoms with van der Waals surface area (Å²) in [5.41, 5.74) is 0.395. The first-order valence-corrected chi connectivity index (χ1v) is 7.39. The average Bonchev–Trinajstić information content (AvgIpc) is 2.28. The van der Waals surface area contributed by atoms with Crippen molar-refractivity contribution in [1.82, 2.24) is 10.2 Å². The topological polar surface area (TPSA) is 24.5 Å². The van der Waals surface area contributed by atoms with Gasteiger partial charge in [-0.15, -0.1) is 0 Å². The van der Waals surface area contributed by atoms with Crippen LogP contribution in [0.15, 0.2) is 0 Å². The molecule has 3 heteroatoms. The Labute approximate surface area is 113 Å². The van der Waals surface area contributed by atoms with Crippen LogP contribution in [0.2, 0.25) is 0 Å². The quantitative estimate of drug-likeness (QED) is 0.708. The van der Waals surface area contributed by atoms with Crippen molar-refractivity contribution >= 4 is 0 Å². The fourth-order valence-corrected chi connectivity index (χ4v) is 2.87. The lowest BCUT2D eigenvalue weighted by molar-refractivity contribution is -0.0573. The molecule has 1 aliphatic heterocycles.